The van der Waals surface area contributed by atoms with Gasteiger partial charge >= 0.3 is 0 Å². The standard InChI is InChI=1S/C22H28FNO7/c1-12-16(8-13-2-4-14(23)5-3-13)17(9-24(12)15-6-7-29-11-15)30-22-21(28)20(27)19(26)18(10-25)31-22/h2-5,9,15,18-22,25-28H,6-8,10-11H2,1H3/t15?,18-,19-,20+,21-,22-/m1/s1. The zero-order valence-electron chi connectivity index (χ0n) is 17.2. The summed E-state index contributed by atoms with van der Waals surface area (Å²) in [5, 5.41) is 39.9. The van der Waals surface area contributed by atoms with Gasteiger partial charge < -0.3 is 39.2 Å². The van der Waals surface area contributed by atoms with Gasteiger partial charge in [0, 0.05) is 30.5 Å². The first-order chi connectivity index (χ1) is 14.9. The molecule has 4 N–H and O–H groups in total. The highest BCUT2D eigenvalue weighted by molar-refractivity contribution is 5.42. The van der Waals surface area contributed by atoms with Gasteiger partial charge in [-0.2, -0.15) is 0 Å². The number of hydrogen-bond acceptors (Lipinski definition) is 7. The molecule has 2 fully saturated rings. The van der Waals surface area contributed by atoms with Crippen LogP contribution in [0.5, 0.6) is 5.75 Å². The number of halogens is 1. The number of hydrogen-bond donors (Lipinski definition) is 4. The van der Waals surface area contributed by atoms with Crippen LogP contribution in [0.3, 0.4) is 0 Å². The Morgan fingerprint density at radius 1 is 1.13 bits per heavy atom. The van der Waals surface area contributed by atoms with Crippen molar-refractivity contribution in [3.8, 4) is 5.75 Å². The monoisotopic (exact) mass is 437 g/mol. The Kier molecular flexibility index (Phi) is 6.61. The third kappa shape index (κ3) is 4.48. The van der Waals surface area contributed by atoms with Crippen molar-refractivity contribution >= 4 is 0 Å². The predicted octanol–water partition coefficient (Wildman–Crippen LogP) is 0.667. The zero-order valence-corrected chi connectivity index (χ0v) is 17.2. The fraction of sp³-hybridized carbons (Fsp3) is 0.545. The van der Waals surface area contributed by atoms with Crippen LogP contribution >= 0.6 is 0 Å². The van der Waals surface area contributed by atoms with Crippen molar-refractivity contribution in [2.45, 2.75) is 56.5 Å². The lowest BCUT2D eigenvalue weighted by Crippen LogP contribution is -2.60. The van der Waals surface area contributed by atoms with Gasteiger partial charge in [0.2, 0.25) is 6.29 Å². The summed E-state index contributed by atoms with van der Waals surface area (Å²) >= 11 is 0. The SMILES string of the molecule is Cc1c(Cc2ccc(F)cc2)c(O[C@@H]2O[C@H](CO)[C@@H](O)[C@H](O)[C@H]2O)cn1C1CCOC1. The molecule has 1 aromatic heterocycles. The maximum atomic E-state index is 13.3. The van der Waals surface area contributed by atoms with Gasteiger partial charge in [-0.15, -0.1) is 0 Å². The molecule has 0 spiro atoms. The Labute approximate surface area is 179 Å². The van der Waals surface area contributed by atoms with E-state index in [0.717, 1.165) is 23.2 Å². The molecule has 3 heterocycles. The third-order valence-corrected chi connectivity index (χ3v) is 6.06. The van der Waals surface area contributed by atoms with Gasteiger partial charge in [0.05, 0.1) is 19.3 Å². The van der Waals surface area contributed by atoms with Crippen molar-refractivity contribution in [3.63, 3.8) is 0 Å². The zero-order chi connectivity index (χ0) is 22.1. The second-order valence-electron chi connectivity index (χ2n) is 8.10. The molecular formula is C22H28FNO7. The second kappa shape index (κ2) is 9.23. The Morgan fingerprint density at radius 3 is 2.52 bits per heavy atom. The van der Waals surface area contributed by atoms with Gasteiger partial charge in [-0.25, -0.2) is 4.39 Å². The molecule has 1 aromatic carbocycles. The fourth-order valence-electron chi connectivity index (χ4n) is 4.17. The number of benzene rings is 1. The molecule has 0 amide bonds. The average molecular weight is 437 g/mol. The number of nitrogens with zero attached hydrogens (tertiary/aromatic N) is 1. The van der Waals surface area contributed by atoms with Crippen LogP contribution in [0.15, 0.2) is 30.5 Å². The van der Waals surface area contributed by atoms with E-state index in [1.807, 2.05) is 13.1 Å². The number of rotatable bonds is 6. The minimum absolute atomic E-state index is 0.138. The number of aromatic nitrogens is 1. The van der Waals surface area contributed by atoms with Crippen LogP contribution in [0, 0.1) is 12.7 Å². The van der Waals surface area contributed by atoms with E-state index < -0.39 is 37.3 Å². The lowest BCUT2D eigenvalue weighted by atomic mass is 9.99. The third-order valence-electron chi connectivity index (χ3n) is 6.06. The van der Waals surface area contributed by atoms with E-state index in [9.17, 15) is 24.8 Å². The number of aliphatic hydroxyl groups excluding tert-OH is 4. The highest BCUT2D eigenvalue weighted by atomic mass is 19.1. The summed E-state index contributed by atoms with van der Waals surface area (Å²) in [5.41, 5.74) is 2.65. The molecule has 0 bridgehead atoms. The quantitative estimate of drug-likeness (QED) is 0.525. The number of ether oxygens (including phenoxy) is 3. The van der Waals surface area contributed by atoms with E-state index in [-0.39, 0.29) is 11.9 Å². The van der Waals surface area contributed by atoms with Crippen molar-refractivity contribution in [3.05, 3.63) is 53.1 Å². The van der Waals surface area contributed by atoms with E-state index in [1.54, 1.807) is 12.1 Å². The van der Waals surface area contributed by atoms with E-state index >= 15 is 0 Å². The fourth-order valence-corrected chi connectivity index (χ4v) is 4.17. The first kappa shape index (κ1) is 22.2. The molecule has 9 heteroatoms. The van der Waals surface area contributed by atoms with Crippen molar-refractivity contribution in [2.75, 3.05) is 19.8 Å². The maximum absolute atomic E-state index is 13.3. The summed E-state index contributed by atoms with van der Waals surface area (Å²) < 4.78 is 32.4. The molecule has 0 aliphatic carbocycles. The Hall–Kier alpha value is -2.01. The van der Waals surface area contributed by atoms with Crippen molar-refractivity contribution in [2.24, 2.45) is 0 Å². The molecule has 6 atom stereocenters. The van der Waals surface area contributed by atoms with Crippen molar-refractivity contribution < 1.29 is 39.0 Å². The van der Waals surface area contributed by atoms with Gasteiger partial charge in [0.15, 0.2) is 0 Å². The predicted molar refractivity (Wildman–Crippen MR) is 107 cm³/mol. The maximum Gasteiger partial charge on any atom is 0.229 e. The smallest absolute Gasteiger partial charge is 0.229 e. The molecule has 2 aromatic rings. The summed E-state index contributed by atoms with van der Waals surface area (Å²) in [6, 6.07) is 6.32. The normalized spacial score (nSPS) is 31.2. The van der Waals surface area contributed by atoms with Crippen LogP contribution in [0.25, 0.3) is 0 Å². The van der Waals surface area contributed by atoms with Crippen molar-refractivity contribution in [1.82, 2.24) is 4.57 Å². The van der Waals surface area contributed by atoms with Crippen LogP contribution in [-0.2, 0) is 15.9 Å². The first-order valence-electron chi connectivity index (χ1n) is 10.4. The molecule has 31 heavy (non-hydrogen) atoms. The molecule has 2 saturated heterocycles. The van der Waals surface area contributed by atoms with Crippen molar-refractivity contribution in [1.29, 1.82) is 0 Å². The van der Waals surface area contributed by atoms with E-state index in [1.165, 1.54) is 12.1 Å². The minimum Gasteiger partial charge on any atom is -0.460 e. The molecule has 8 nitrogen and oxygen atoms in total. The Morgan fingerprint density at radius 2 is 1.87 bits per heavy atom. The van der Waals surface area contributed by atoms with Gasteiger partial charge in [0.25, 0.3) is 0 Å². The molecule has 170 valence electrons. The largest absolute Gasteiger partial charge is 0.460 e. The van der Waals surface area contributed by atoms with Crippen LogP contribution < -0.4 is 4.74 Å². The minimum atomic E-state index is -1.53. The summed E-state index contributed by atoms with van der Waals surface area (Å²) in [4.78, 5) is 0. The van der Waals surface area contributed by atoms with E-state index in [0.29, 0.717) is 25.4 Å². The lowest BCUT2D eigenvalue weighted by Gasteiger charge is -2.39. The molecule has 0 radical (unpaired) electrons. The Bertz CT molecular complexity index is 879. The summed E-state index contributed by atoms with van der Waals surface area (Å²) in [5.74, 6) is 0.122. The highest BCUT2D eigenvalue weighted by Gasteiger charge is 2.45. The van der Waals surface area contributed by atoms with Gasteiger partial charge in [-0.3, -0.25) is 0 Å². The first-order valence-corrected chi connectivity index (χ1v) is 10.4. The lowest BCUT2D eigenvalue weighted by molar-refractivity contribution is -0.277. The molecule has 4 rings (SSSR count). The van der Waals surface area contributed by atoms with Crippen LogP contribution in [-0.4, -0.2) is 75.5 Å². The molecule has 2 aliphatic rings. The average Bonchev–Trinajstić information content (AvgIpc) is 3.39. The molecular weight excluding hydrogens is 409 g/mol. The van der Waals surface area contributed by atoms with E-state index in [4.69, 9.17) is 14.2 Å². The second-order valence-corrected chi connectivity index (χ2v) is 8.10. The Balaban J connectivity index is 1.65. The van der Waals surface area contributed by atoms with Crippen LogP contribution in [0.2, 0.25) is 0 Å². The summed E-state index contributed by atoms with van der Waals surface area (Å²) in [7, 11) is 0. The van der Waals surface area contributed by atoms with Gasteiger partial charge in [-0.1, -0.05) is 12.1 Å². The topological polar surface area (TPSA) is 114 Å². The summed E-state index contributed by atoms with van der Waals surface area (Å²) in [6.45, 7) is 2.66. The van der Waals surface area contributed by atoms with Gasteiger partial charge in [0.1, 0.15) is 36.0 Å². The van der Waals surface area contributed by atoms with Gasteiger partial charge in [-0.05, 0) is 31.0 Å². The number of aliphatic hydroxyl groups is 4. The molecule has 1 unspecified atom stereocenters. The highest BCUT2D eigenvalue weighted by Crippen LogP contribution is 2.34. The van der Waals surface area contributed by atoms with E-state index in [2.05, 4.69) is 4.57 Å². The molecule has 2 aliphatic heterocycles. The van der Waals surface area contributed by atoms with Crippen LogP contribution in [0.4, 0.5) is 4.39 Å². The molecule has 0 saturated carbocycles. The summed E-state index contributed by atoms with van der Waals surface area (Å²) in [6.07, 6.45) is -3.70. The van der Waals surface area contributed by atoms with Crippen LogP contribution in [0.1, 0.15) is 29.3 Å².